The fraction of sp³-hybridized carbons (Fsp3) is 0.500. The van der Waals surface area contributed by atoms with Gasteiger partial charge in [-0.3, -0.25) is 9.48 Å². The van der Waals surface area contributed by atoms with Crippen LogP contribution in [0.4, 0.5) is 13.2 Å². The zero-order valence-corrected chi connectivity index (χ0v) is 12.5. The van der Waals surface area contributed by atoms with Crippen LogP contribution in [0.15, 0.2) is 12.4 Å². The van der Waals surface area contributed by atoms with Gasteiger partial charge in [-0.2, -0.15) is 18.3 Å². The van der Waals surface area contributed by atoms with Crippen LogP contribution in [-0.2, 0) is 19.8 Å². The van der Waals surface area contributed by atoms with Crippen molar-refractivity contribution in [1.29, 1.82) is 0 Å². The average molecular weight is 327 g/mol. The zero-order chi connectivity index (χ0) is 16.8. The largest absolute Gasteiger partial charge is 0.435 e. The Hall–Kier alpha value is -2.32. The second-order valence-electron chi connectivity index (χ2n) is 5.80. The van der Waals surface area contributed by atoms with Gasteiger partial charge in [-0.05, 0) is 18.8 Å². The number of hydrogen-bond donors (Lipinski definition) is 1. The van der Waals surface area contributed by atoms with E-state index in [1.54, 1.807) is 0 Å². The highest BCUT2D eigenvalue weighted by Gasteiger charge is 2.38. The Morgan fingerprint density at radius 2 is 2.13 bits per heavy atom. The second-order valence-corrected chi connectivity index (χ2v) is 5.80. The van der Waals surface area contributed by atoms with Gasteiger partial charge in [-0.25, -0.2) is 4.98 Å². The van der Waals surface area contributed by atoms with E-state index < -0.39 is 17.8 Å². The number of halogens is 3. The van der Waals surface area contributed by atoms with E-state index in [4.69, 9.17) is 5.73 Å². The minimum absolute atomic E-state index is 0.0973. The maximum Gasteiger partial charge on any atom is 0.435 e. The Balaban J connectivity index is 2.04. The second kappa shape index (κ2) is 5.39. The van der Waals surface area contributed by atoms with E-state index in [1.807, 2.05) is 0 Å². The number of nitrogens with zero attached hydrogens (tertiary/aromatic N) is 4. The molecule has 2 heterocycles. The summed E-state index contributed by atoms with van der Waals surface area (Å²) in [4.78, 5) is 15.0. The Morgan fingerprint density at radius 1 is 1.43 bits per heavy atom. The smallest absolute Gasteiger partial charge is 0.363 e. The molecule has 0 atom stereocenters. The van der Waals surface area contributed by atoms with E-state index in [1.165, 1.54) is 28.7 Å². The summed E-state index contributed by atoms with van der Waals surface area (Å²) in [5.41, 5.74) is 4.25. The van der Waals surface area contributed by atoms with Crippen molar-refractivity contribution in [2.75, 3.05) is 0 Å². The van der Waals surface area contributed by atoms with Gasteiger partial charge < -0.3 is 10.3 Å². The summed E-state index contributed by atoms with van der Waals surface area (Å²) in [6, 6.07) is 0. The standard InChI is InChI=1S/C14H16F3N5O/c1-21-10(5-19-13(21)12(18)23)9-7-22(6-8-3-2-4-8)20-11(9)14(15,16)17/h5,7-8H,2-4,6H2,1H3,(H2,18,23). The molecule has 0 saturated heterocycles. The minimum Gasteiger partial charge on any atom is -0.363 e. The summed E-state index contributed by atoms with van der Waals surface area (Å²) in [6.45, 7) is 0.462. The highest BCUT2D eigenvalue weighted by atomic mass is 19.4. The van der Waals surface area contributed by atoms with Gasteiger partial charge in [0.15, 0.2) is 11.5 Å². The molecule has 0 aromatic carbocycles. The number of carbonyl (C=O) groups excluding carboxylic acids is 1. The average Bonchev–Trinajstić information content (AvgIpc) is 2.96. The van der Waals surface area contributed by atoms with Crippen LogP contribution in [0.5, 0.6) is 0 Å². The summed E-state index contributed by atoms with van der Waals surface area (Å²) in [7, 11) is 1.45. The summed E-state index contributed by atoms with van der Waals surface area (Å²) in [6.07, 6.45) is 1.11. The molecule has 2 N–H and O–H groups in total. The van der Waals surface area contributed by atoms with Crippen LogP contribution < -0.4 is 5.73 Å². The molecular weight excluding hydrogens is 311 g/mol. The molecule has 3 rings (SSSR count). The Labute approximate surface area is 130 Å². The van der Waals surface area contributed by atoms with E-state index in [2.05, 4.69) is 10.1 Å². The molecule has 6 nitrogen and oxygen atoms in total. The Morgan fingerprint density at radius 3 is 2.61 bits per heavy atom. The van der Waals surface area contributed by atoms with Crippen LogP contribution >= 0.6 is 0 Å². The Bertz CT molecular complexity index is 742. The van der Waals surface area contributed by atoms with Gasteiger partial charge in [-0.1, -0.05) is 6.42 Å². The van der Waals surface area contributed by atoms with Gasteiger partial charge >= 0.3 is 6.18 Å². The normalized spacial score (nSPS) is 15.7. The number of primary amides is 1. The van der Waals surface area contributed by atoms with Crippen molar-refractivity contribution < 1.29 is 18.0 Å². The topological polar surface area (TPSA) is 78.7 Å². The molecule has 1 saturated carbocycles. The highest BCUT2D eigenvalue weighted by Crippen LogP contribution is 2.37. The summed E-state index contributed by atoms with van der Waals surface area (Å²) >= 11 is 0. The van der Waals surface area contributed by atoms with E-state index >= 15 is 0 Å². The van der Waals surface area contributed by atoms with Crippen molar-refractivity contribution in [3.05, 3.63) is 23.9 Å². The number of imidazole rings is 1. The van der Waals surface area contributed by atoms with Crippen LogP contribution in [0.1, 0.15) is 35.6 Å². The van der Waals surface area contributed by atoms with Crippen LogP contribution in [0, 0.1) is 5.92 Å². The monoisotopic (exact) mass is 327 g/mol. The Kier molecular flexibility index (Phi) is 3.65. The van der Waals surface area contributed by atoms with Gasteiger partial charge in [0.05, 0.1) is 17.5 Å². The van der Waals surface area contributed by atoms with Crippen LogP contribution in [-0.4, -0.2) is 25.2 Å². The molecule has 2 aromatic heterocycles. The van der Waals surface area contributed by atoms with Crippen LogP contribution in [0.25, 0.3) is 11.3 Å². The molecule has 23 heavy (non-hydrogen) atoms. The van der Waals surface area contributed by atoms with E-state index in [9.17, 15) is 18.0 Å². The molecule has 0 spiro atoms. The summed E-state index contributed by atoms with van der Waals surface area (Å²) in [5.74, 6) is -0.523. The molecule has 124 valence electrons. The first-order valence-electron chi connectivity index (χ1n) is 7.24. The first-order valence-corrected chi connectivity index (χ1v) is 7.24. The van der Waals surface area contributed by atoms with Gasteiger partial charge in [0.25, 0.3) is 5.91 Å². The third-order valence-electron chi connectivity index (χ3n) is 4.18. The van der Waals surface area contributed by atoms with Gasteiger partial charge in [0.2, 0.25) is 0 Å². The predicted molar refractivity (Wildman–Crippen MR) is 75.3 cm³/mol. The molecule has 0 radical (unpaired) electrons. The van der Waals surface area contributed by atoms with E-state index in [0.29, 0.717) is 12.5 Å². The molecule has 0 bridgehead atoms. The van der Waals surface area contributed by atoms with Gasteiger partial charge in [-0.15, -0.1) is 0 Å². The van der Waals surface area contributed by atoms with Crippen molar-refractivity contribution in [2.24, 2.45) is 18.7 Å². The number of hydrogen-bond acceptors (Lipinski definition) is 3. The lowest BCUT2D eigenvalue weighted by atomic mass is 9.85. The molecule has 1 amide bonds. The fourth-order valence-electron chi connectivity index (χ4n) is 2.74. The van der Waals surface area contributed by atoms with E-state index in [0.717, 1.165) is 19.3 Å². The predicted octanol–water partition coefficient (Wildman–Crippen LogP) is 2.20. The van der Waals surface area contributed by atoms with Gasteiger partial charge in [0.1, 0.15) is 0 Å². The molecule has 1 aliphatic carbocycles. The number of alkyl halides is 3. The first kappa shape index (κ1) is 15.6. The van der Waals surface area contributed by atoms with Gasteiger partial charge in [0, 0.05) is 19.8 Å². The summed E-state index contributed by atoms with van der Waals surface area (Å²) < 4.78 is 42.4. The lowest BCUT2D eigenvalue weighted by molar-refractivity contribution is -0.141. The molecular formula is C14H16F3N5O. The van der Waals surface area contributed by atoms with E-state index in [-0.39, 0.29) is 17.1 Å². The maximum absolute atomic E-state index is 13.3. The molecule has 2 aromatic rings. The van der Waals surface area contributed by atoms with Crippen molar-refractivity contribution in [3.63, 3.8) is 0 Å². The third-order valence-corrected chi connectivity index (χ3v) is 4.18. The SMILES string of the molecule is Cn1c(-c2cn(CC3CCC3)nc2C(F)(F)F)cnc1C(N)=O. The lowest BCUT2D eigenvalue weighted by Gasteiger charge is -2.24. The zero-order valence-electron chi connectivity index (χ0n) is 12.5. The molecule has 1 aliphatic rings. The van der Waals surface area contributed by atoms with Crippen LogP contribution in [0.3, 0.4) is 0 Å². The maximum atomic E-state index is 13.3. The fourth-order valence-corrected chi connectivity index (χ4v) is 2.74. The van der Waals surface area contributed by atoms with Crippen molar-refractivity contribution >= 4 is 5.91 Å². The van der Waals surface area contributed by atoms with Crippen molar-refractivity contribution in [2.45, 2.75) is 32.0 Å². The molecule has 0 unspecified atom stereocenters. The minimum atomic E-state index is -4.59. The number of aromatic nitrogens is 4. The lowest BCUT2D eigenvalue weighted by Crippen LogP contribution is -2.19. The summed E-state index contributed by atoms with van der Waals surface area (Å²) in [5, 5.41) is 3.71. The highest BCUT2D eigenvalue weighted by molar-refractivity contribution is 5.90. The first-order chi connectivity index (χ1) is 10.8. The number of amides is 1. The molecule has 0 aliphatic heterocycles. The number of nitrogens with two attached hydrogens (primary N) is 1. The molecule has 1 fully saturated rings. The number of rotatable bonds is 4. The van der Waals surface area contributed by atoms with Crippen molar-refractivity contribution in [1.82, 2.24) is 19.3 Å². The quantitative estimate of drug-likeness (QED) is 0.935. The van der Waals surface area contributed by atoms with Crippen LogP contribution in [0.2, 0.25) is 0 Å². The number of carbonyl (C=O) groups is 1. The third kappa shape index (κ3) is 2.82. The van der Waals surface area contributed by atoms with Crippen molar-refractivity contribution in [3.8, 4) is 11.3 Å². The molecule has 9 heteroatoms.